The van der Waals surface area contributed by atoms with E-state index in [1.807, 2.05) is 0 Å². The average Bonchev–Trinajstić information content (AvgIpc) is 2.30. The van der Waals surface area contributed by atoms with Gasteiger partial charge in [0, 0.05) is 6.04 Å². The molecule has 2 heteroatoms. The molecule has 76 valence electrons. The molecule has 0 N–H and O–H groups in total. The zero-order valence-corrected chi connectivity index (χ0v) is 9.54. The summed E-state index contributed by atoms with van der Waals surface area (Å²) in [5.41, 5.74) is 0. The van der Waals surface area contributed by atoms with Crippen molar-refractivity contribution in [2.45, 2.75) is 53.1 Å². The van der Waals surface area contributed by atoms with Gasteiger partial charge in [-0.3, -0.25) is 4.99 Å². The van der Waals surface area contributed by atoms with E-state index in [1.54, 1.807) is 0 Å². The van der Waals surface area contributed by atoms with Gasteiger partial charge >= 0.3 is 0 Å². The van der Waals surface area contributed by atoms with Crippen molar-refractivity contribution >= 4 is 5.84 Å². The Labute approximate surface area is 82.0 Å². The summed E-state index contributed by atoms with van der Waals surface area (Å²) in [6.45, 7) is 12.2. The smallest absolute Gasteiger partial charge is 0.0963 e. The van der Waals surface area contributed by atoms with Crippen molar-refractivity contribution in [1.29, 1.82) is 0 Å². The first-order valence-corrected chi connectivity index (χ1v) is 5.31. The van der Waals surface area contributed by atoms with Crippen LogP contribution in [0.1, 0.15) is 41.0 Å². The third-order valence-corrected chi connectivity index (χ3v) is 2.60. The van der Waals surface area contributed by atoms with Gasteiger partial charge in [0.2, 0.25) is 0 Å². The minimum Gasteiger partial charge on any atom is -0.353 e. The maximum atomic E-state index is 4.52. The maximum Gasteiger partial charge on any atom is 0.0963 e. The molecule has 1 aliphatic rings. The number of nitrogens with zero attached hydrogens (tertiary/aromatic N) is 2. The van der Waals surface area contributed by atoms with Crippen molar-refractivity contribution in [3.8, 4) is 0 Å². The van der Waals surface area contributed by atoms with Gasteiger partial charge in [-0.2, -0.15) is 0 Å². The number of hydrogen-bond acceptors (Lipinski definition) is 2. The van der Waals surface area contributed by atoms with Gasteiger partial charge in [0.1, 0.15) is 0 Å². The lowest BCUT2D eigenvalue weighted by Gasteiger charge is -2.31. The monoisotopic (exact) mass is 182 g/mol. The summed E-state index contributed by atoms with van der Waals surface area (Å²) >= 11 is 0. The summed E-state index contributed by atoms with van der Waals surface area (Å²) in [5, 5.41) is 0. The van der Waals surface area contributed by atoms with Gasteiger partial charge in [-0.25, -0.2) is 0 Å². The van der Waals surface area contributed by atoms with Crippen LogP contribution in [0.4, 0.5) is 0 Å². The molecule has 0 aromatic carbocycles. The second kappa shape index (κ2) is 4.12. The van der Waals surface area contributed by atoms with Gasteiger partial charge in [-0.1, -0.05) is 13.8 Å². The van der Waals surface area contributed by atoms with E-state index in [1.165, 1.54) is 12.3 Å². The SMILES string of the molecule is CC1=NCC(CC(C)C)N1C(C)C. The van der Waals surface area contributed by atoms with Crippen LogP contribution >= 0.6 is 0 Å². The fourth-order valence-electron chi connectivity index (χ4n) is 2.20. The molecule has 1 atom stereocenters. The van der Waals surface area contributed by atoms with E-state index in [0.29, 0.717) is 12.1 Å². The lowest BCUT2D eigenvalue weighted by molar-refractivity contribution is 0.255. The zero-order chi connectivity index (χ0) is 10.0. The lowest BCUT2D eigenvalue weighted by atomic mass is 10.0. The second-order valence-electron chi connectivity index (χ2n) is 4.67. The number of hydrogen-bond donors (Lipinski definition) is 0. The minimum absolute atomic E-state index is 0.593. The summed E-state index contributed by atoms with van der Waals surface area (Å²) in [4.78, 5) is 6.97. The molecule has 0 radical (unpaired) electrons. The molecule has 0 aliphatic carbocycles. The topological polar surface area (TPSA) is 15.6 Å². The van der Waals surface area contributed by atoms with Crippen LogP contribution in [0.15, 0.2) is 4.99 Å². The Morgan fingerprint density at radius 1 is 1.38 bits per heavy atom. The fraction of sp³-hybridized carbons (Fsp3) is 0.909. The number of rotatable bonds is 3. The molecular weight excluding hydrogens is 160 g/mol. The van der Waals surface area contributed by atoms with Gasteiger partial charge in [0.05, 0.1) is 18.4 Å². The zero-order valence-electron chi connectivity index (χ0n) is 9.54. The van der Waals surface area contributed by atoms with Gasteiger partial charge < -0.3 is 4.90 Å². The Kier molecular flexibility index (Phi) is 3.34. The summed E-state index contributed by atoms with van der Waals surface area (Å²) in [7, 11) is 0. The molecule has 0 spiro atoms. The molecule has 0 saturated heterocycles. The minimum atomic E-state index is 0.593. The van der Waals surface area contributed by atoms with Crippen LogP contribution in [0.5, 0.6) is 0 Å². The highest BCUT2D eigenvalue weighted by atomic mass is 15.3. The Morgan fingerprint density at radius 2 is 2.00 bits per heavy atom. The van der Waals surface area contributed by atoms with E-state index in [0.717, 1.165) is 12.5 Å². The summed E-state index contributed by atoms with van der Waals surface area (Å²) in [6.07, 6.45) is 1.26. The van der Waals surface area contributed by atoms with E-state index in [2.05, 4.69) is 44.5 Å². The molecule has 0 aromatic rings. The third-order valence-electron chi connectivity index (χ3n) is 2.60. The van der Waals surface area contributed by atoms with Gasteiger partial charge in [0.25, 0.3) is 0 Å². The molecule has 1 rings (SSSR count). The van der Waals surface area contributed by atoms with Crippen molar-refractivity contribution in [3.63, 3.8) is 0 Å². The highest BCUT2D eigenvalue weighted by Gasteiger charge is 2.27. The third kappa shape index (κ3) is 2.45. The molecule has 1 heterocycles. The first-order chi connectivity index (χ1) is 6.02. The van der Waals surface area contributed by atoms with Crippen LogP contribution in [0.25, 0.3) is 0 Å². The van der Waals surface area contributed by atoms with Crippen molar-refractivity contribution in [2.75, 3.05) is 6.54 Å². The van der Waals surface area contributed by atoms with Crippen LogP contribution < -0.4 is 0 Å². The predicted octanol–water partition coefficient (Wildman–Crippen LogP) is 2.54. The summed E-state index contributed by atoms with van der Waals surface area (Å²) in [6, 6.07) is 1.25. The van der Waals surface area contributed by atoms with E-state index in [-0.39, 0.29) is 0 Å². The Morgan fingerprint density at radius 3 is 2.46 bits per heavy atom. The Balaban J connectivity index is 2.58. The van der Waals surface area contributed by atoms with E-state index >= 15 is 0 Å². The Hall–Kier alpha value is -0.530. The molecule has 1 unspecified atom stereocenters. The second-order valence-corrected chi connectivity index (χ2v) is 4.67. The van der Waals surface area contributed by atoms with Crippen LogP contribution in [0.3, 0.4) is 0 Å². The summed E-state index contributed by atoms with van der Waals surface area (Å²) in [5.74, 6) is 1.99. The average molecular weight is 182 g/mol. The van der Waals surface area contributed by atoms with Crippen molar-refractivity contribution < 1.29 is 0 Å². The molecule has 0 amide bonds. The van der Waals surface area contributed by atoms with E-state index in [9.17, 15) is 0 Å². The molecule has 0 bridgehead atoms. The normalized spacial score (nSPS) is 23.2. The first-order valence-electron chi connectivity index (χ1n) is 5.31. The molecular formula is C11H22N2. The molecule has 2 nitrogen and oxygen atoms in total. The van der Waals surface area contributed by atoms with Crippen molar-refractivity contribution in [3.05, 3.63) is 0 Å². The lowest BCUT2D eigenvalue weighted by Crippen LogP contribution is -2.41. The van der Waals surface area contributed by atoms with Crippen molar-refractivity contribution in [2.24, 2.45) is 10.9 Å². The standard InChI is InChI=1S/C11H22N2/c1-8(2)6-11-7-12-10(5)13(11)9(3)4/h8-9,11H,6-7H2,1-5H3. The molecule has 1 aliphatic heterocycles. The number of amidine groups is 1. The molecule has 0 aromatic heterocycles. The summed E-state index contributed by atoms with van der Waals surface area (Å²) < 4.78 is 0. The molecule has 0 fully saturated rings. The largest absolute Gasteiger partial charge is 0.353 e. The Bertz CT molecular complexity index is 194. The van der Waals surface area contributed by atoms with Crippen molar-refractivity contribution in [1.82, 2.24) is 4.90 Å². The highest BCUT2D eigenvalue weighted by molar-refractivity contribution is 5.81. The van der Waals surface area contributed by atoms with E-state index in [4.69, 9.17) is 0 Å². The van der Waals surface area contributed by atoms with Gasteiger partial charge in [-0.05, 0) is 33.1 Å². The maximum absolute atomic E-state index is 4.52. The van der Waals surface area contributed by atoms with Crippen LogP contribution in [0.2, 0.25) is 0 Å². The number of aliphatic imine (C=N–C) groups is 1. The van der Waals surface area contributed by atoms with E-state index < -0.39 is 0 Å². The predicted molar refractivity (Wildman–Crippen MR) is 58.2 cm³/mol. The van der Waals surface area contributed by atoms with Crippen LogP contribution in [0, 0.1) is 5.92 Å². The highest BCUT2D eigenvalue weighted by Crippen LogP contribution is 2.20. The quantitative estimate of drug-likeness (QED) is 0.655. The molecule has 13 heavy (non-hydrogen) atoms. The van der Waals surface area contributed by atoms with Crippen LogP contribution in [-0.4, -0.2) is 29.4 Å². The van der Waals surface area contributed by atoms with Crippen LogP contribution in [-0.2, 0) is 0 Å². The molecule has 0 saturated carbocycles. The van der Waals surface area contributed by atoms with Gasteiger partial charge in [0.15, 0.2) is 0 Å². The fourth-order valence-corrected chi connectivity index (χ4v) is 2.20. The van der Waals surface area contributed by atoms with Gasteiger partial charge in [-0.15, -0.1) is 0 Å². The first kappa shape index (κ1) is 10.6.